The van der Waals surface area contributed by atoms with Crippen molar-refractivity contribution in [2.45, 2.75) is 12.5 Å². The molecule has 1 aliphatic heterocycles. The van der Waals surface area contributed by atoms with E-state index < -0.39 is 17.9 Å². The van der Waals surface area contributed by atoms with Gasteiger partial charge in [-0.05, 0) is 18.2 Å². The van der Waals surface area contributed by atoms with Gasteiger partial charge in [-0.15, -0.1) is 0 Å². The number of likely N-dealkylation sites (tertiary alicyclic amines) is 1. The first-order chi connectivity index (χ1) is 8.90. The molecule has 1 unspecified atom stereocenters. The van der Waals surface area contributed by atoms with Gasteiger partial charge in [-0.2, -0.15) is 0 Å². The number of phenols is 1. The van der Waals surface area contributed by atoms with E-state index in [0.717, 1.165) is 4.90 Å². The molecule has 2 N–H and O–H groups in total. The largest absolute Gasteiger partial charge is 0.508 e. The number of aromatic hydroxyl groups is 1. The van der Waals surface area contributed by atoms with Crippen LogP contribution < -0.4 is 5.32 Å². The van der Waals surface area contributed by atoms with Gasteiger partial charge >= 0.3 is 0 Å². The van der Waals surface area contributed by atoms with Crippen molar-refractivity contribution in [3.05, 3.63) is 28.8 Å². The SMILES string of the molecule is CN1C(=O)CC(NC(=O)c2cc(O)ccc2Cl)C1=O. The number of carbonyl (C=O) groups excluding carboxylic acids is 3. The van der Waals surface area contributed by atoms with Gasteiger partial charge in [0.1, 0.15) is 11.8 Å². The summed E-state index contributed by atoms with van der Waals surface area (Å²) >= 11 is 5.84. The highest BCUT2D eigenvalue weighted by Crippen LogP contribution is 2.21. The van der Waals surface area contributed by atoms with Gasteiger partial charge < -0.3 is 10.4 Å². The second-order valence-electron chi connectivity index (χ2n) is 4.19. The zero-order chi connectivity index (χ0) is 14.2. The fraction of sp³-hybridized carbons (Fsp3) is 0.250. The number of phenolic OH excluding ortho intramolecular Hbond substituents is 1. The highest BCUT2D eigenvalue weighted by molar-refractivity contribution is 6.34. The fourth-order valence-corrected chi connectivity index (χ4v) is 1.99. The maximum Gasteiger partial charge on any atom is 0.253 e. The molecule has 2 rings (SSSR count). The maximum atomic E-state index is 11.9. The van der Waals surface area contributed by atoms with Crippen LogP contribution in [-0.2, 0) is 9.59 Å². The number of benzene rings is 1. The van der Waals surface area contributed by atoms with Crippen molar-refractivity contribution >= 4 is 29.3 Å². The Morgan fingerprint density at radius 1 is 1.47 bits per heavy atom. The highest BCUT2D eigenvalue weighted by Gasteiger charge is 2.37. The monoisotopic (exact) mass is 282 g/mol. The Bertz CT molecular complexity index is 573. The van der Waals surface area contributed by atoms with Crippen molar-refractivity contribution in [1.29, 1.82) is 0 Å². The van der Waals surface area contributed by atoms with Gasteiger partial charge in [0.15, 0.2) is 0 Å². The van der Waals surface area contributed by atoms with E-state index in [9.17, 15) is 19.5 Å². The first-order valence-corrected chi connectivity index (χ1v) is 5.87. The molecule has 7 heteroatoms. The Morgan fingerprint density at radius 3 is 2.74 bits per heavy atom. The lowest BCUT2D eigenvalue weighted by Crippen LogP contribution is -2.40. The van der Waals surface area contributed by atoms with E-state index in [1.807, 2.05) is 0 Å². The molecule has 0 aromatic heterocycles. The predicted octanol–water partition coefficient (Wildman–Crippen LogP) is 0.533. The molecule has 0 aliphatic carbocycles. The number of halogens is 1. The number of carbonyl (C=O) groups is 3. The average Bonchev–Trinajstić information content (AvgIpc) is 2.60. The van der Waals surface area contributed by atoms with E-state index >= 15 is 0 Å². The zero-order valence-electron chi connectivity index (χ0n) is 10.0. The summed E-state index contributed by atoms with van der Waals surface area (Å²) in [4.78, 5) is 35.9. The normalized spacial score (nSPS) is 18.8. The number of imide groups is 1. The second-order valence-corrected chi connectivity index (χ2v) is 4.59. The molecule has 1 saturated heterocycles. The lowest BCUT2D eigenvalue weighted by molar-refractivity contribution is -0.137. The van der Waals surface area contributed by atoms with Gasteiger partial charge in [0.05, 0.1) is 17.0 Å². The van der Waals surface area contributed by atoms with Crippen LogP contribution in [0.2, 0.25) is 5.02 Å². The molecule has 6 nitrogen and oxygen atoms in total. The number of likely N-dealkylation sites (N-methyl/N-ethyl adjacent to an activating group) is 1. The van der Waals surface area contributed by atoms with Gasteiger partial charge in [-0.1, -0.05) is 11.6 Å². The van der Waals surface area contributed by atoms with E-state index in [1.165, 1.54) is 25.2 Å². The summed E-state index contributed by atoms with van der Waals surface area (Å²) in [7, 11) is 1.36. The smallest absolute Gasteiger partial charge is 0.253 e. The molecule has 1 aromatic carbocycles. The molecule has 19 heavy (non-hydrogen) atoms. The van der Waals surface area contributed by atoms with Crippen molar-refractivity contribution in [2.75, 3.05) is 7.05 Å². The quantitative estimate of drug-likeness (QED) is 0.775. The summed E-state index contributed by atoms with van der Waals surface area (Å²) in [5.74, 6) is -1.53. The van der Waals surface area contributed by atoms with Gasteiger partial charge in [0, 0.05) is 7.05 Å². The van der Waals surface area contributed by atoms with Gasteiger partial charge in [-0.3, -0.25) is 19.3 Å². The number of amides is 3. The van der Waals surface area contributed by atoms with Crippen LogP contribution in [0.5, 0.6) is 5.75 Å². The van der Waals surface area contributed by atoms with E-state index in [2.05, 4.69) is 5.32 Å². The average molecular weight is 283 g/mol. The fourth-order valence-electron chi connectivity index (χ4n) is 1.79. The lowest BCUT2D eigenvalue weighted by Gasteiger charge is -2.12. The number of hydrogen-bond acceptors (Lipinski definition) is 4. The third-order valence-corrected chi connectivity index (χ3v) is 3.21. The van der Waals surface area contributed by atoms with Crippen molar-refractivity contribution in [1.82, 2.24) is 10.2 Å². The van der Waals surface area contributed by atoms with Crippen LogP contribution in [-0.4, -0.2) is 40.8 Å². The number of rotatable bonds is 2. The molecular weight excluding hydrogens is 272 g/mol. The molecule has 100 valence electrons. The van der Waals surface area contributed by atoms with Crippen molar-refractivity contribution in [3.8, 4) is 5.75 Å². The van der Waals surface area contributed by atoms with Crippen LogP contribution in [0.25, 0.3) is 0 Å². The molecule has 1 aromatic rings. The summed E-state index contributed by atoms with van der Waals surface area (Å²) < 4.78 is 0. The first-order valence-electron chi connectivity index (χ1n) is 5.50. The summed E-state index contributed by atoms with van der Waals surface area (Å²) in [6, 6.07) is 3.03. The predicted molar refractivity (Wildman–Crippen MR) is 66.8 cm³/mol. The molecule has 3 amide bonds. The number of nitrogens with zero attached hydrogens (tertiary/aromatic N) is 1. The lowest BCUT2D eigenvalue weighted by atomic mass is 10.1. The van der Waals surface area contributed by atoms with Crippen LogP contribution in [0.4, 0.5) is 0 Å². The molecular formula is C12H11ClN2O4. The number of hydrogen-bond donors (Lipinski definition) is 2. The van der Waals surface area contributed by atoms with Crippen LogP contribution >= 0.6 is 11.6 Å². The minimum Gasteiger partial charge on any atom is -0.508 e. The Balaban J connectivity index is 2.16. The Kier molecular flexibility index (Phi) is 3.44. The van der Waals surface area contributed by atoms with Crippen molar-refractivity contribution < 1.29 is 19.5 Å². The summed E-state index contributed by atoms with van der Waals surface area (Å²) in [6.07, 6.45) is -0.0719. The Morgan fingerprint density at radius 2 is 2.16 bits per heavy atom. The van der Waals surface area contributed by atoms with Crippen LogP contribution in [0.1, 0.15) is 16.8 Å². The third-order valence-electron chi connectivity index (χ3n) is 2.88. The van der Waals surface area contributed by atoms with Gasteiger partial charge in [-0.25, -0.2) is 0 Å². The molecule has 0 saturated carbocycles. The first kappa shape index (κ1) is 13.4. The van der Waals surface area contributed by atoms with Crippen LogP contribution in [0.15, 0.2) is 18.2 Å². The molecule has 1 atom stereocenters. The van der Waals surface area contributed by atoms with E-state index in [0.29, 0.717) is 0 Å². The summed E-state index contributed by atoms with van der Waals surface area (Å²) in [5, 5.41) is 11.9. The van der Waals surface area contributed by atoms with Gasteiger partial charge in [0.2, 0.25) is 5.91 Å². The molecule has 0 spiro atoms. The van der Waals surface area contributed by atoms with Crippen molar-refractivity contribution in [3.63, 3.8) is 0 Å². The standard InChI is InChI=1S/C12H11ClN2O4/c1-15-10(17)5-9(12(15)19)14-11(18)7-4-6(16)2-3-8(7)13/h2-4,9,16H,5H2,1H3,(H,14,18). The maximum absolute atomic E-state index is 11.9. The van der Waals surface area contributed by atoms with Gasteiger partial charge in [0.25, 0.3) is 11.8 Å². The minimum absolute atomic E-state index is 0.0523. The molecule has 1 aliphatic rings. The van der Waals surface area contributed by atoms with E-state index in [-0.39, 0.29) is 28.7 Å². The van der Waals surface area contributed by atoms with E-state index in [1.54, 1.807) is 0 Å². The molecule has 0 radical (unpaired) electrons. The van der Waals surface area contributed by atoms with Crippen LogP contribution in [0, 0.1) is 0 Å². The summed E-state index contributed by atoms with van der Waals surface area (Å²) in [6.45, 7) is 0. The van der Waals surface area contributed by atoms with E-state index in [4.69, 9.17) is 11.6 Å². The molecule has 1 fully saturated rings. The highest BCUT2D eigenvalue weighted by atomic mass is 35.5. The number of nitrogens with one attached hydrogen (secondary N) is 1. The Hall–Kier alpha value is -2.08. The third kappa shape index (κ3) is 2.53. The Labute approximate surface area is 114 Å². The molecule has 0 bridgehead atoms. The topological polar surface area (TPSA) is 86.7 Å². The van der Waals surface area contributed by atoms with Crippen molar-refractivity contribution in [2.24, 2.45) is 0 Å². The van der Waals surface area contributed by atoms with Crippen LogP contribution in [0.3, 0.4) is 0 Å². The second kappa shape index (κ2) is 4.89. The molecule has 1 heterocycles. The summed E-state index contributed by atoms with van der Waals surface area (Å²) in [5.41, 5.74) is 0.0523. The zero-order valence-corrected chi connectivity index (χ0v) is 10.8. The minimum atomic E-state index is -0.886.